The standard InChI is InChI=1S/C21H23ClFN3O3S2/c1-25-10-2-3-18(25)14-4-6-19(16(23)13-14)26-11-8-17(21(26)27)24-31(28,29)12-9-15-5-7-20(22)30-15/h4-7,9,12-13,17-18,24H,2-3,8,10-11H2,1H3/b12-9+/t17-,18?/m0/s1. The first-order valence-electron chi connectivity index (χ1n) is 10.0. The summed E-state index contributed by atoms with van der Waals surface area (Å²) in [6.07, 6.45) is 3.75. The van der Waals surface area contributed by atoms with Crippen molar-refractivity contribution < 1.29 is 17.6 Å². The average molecular weight is 484 g/mol. The number of sulfonamides is 1. The molecule has 2 fully saturated rings. The third-order valence-corrected chi connectivity index (χ3v) is 7.99. The molecule has 3 heterocycles. The number of hydrogen-bond donors (Lipinski definition) is 1. The number of carbonyl (C=O) groups excluding carboxylic acids is 1. The molecule has 31 heavy (non-hydrogen) atoms. The SMILES string of the molecule is CN1CCCC1c1ccc(N2CC[C@H](NS(=O)(=O)/C=C/c3ccc(Cl)s3)C2=O)c(F)c1. The minimum absolute atomic E-state index is 0.180. The Morgan fingerprint density at radius 1 is 1.23 bits per heavy atom. The zero-order valence-electron chi connectivity index (χ0n) is 16.9. The molecule has 0 radical (unpaired) electrons. The maximum atomic E-state index is 14.9. The Labute approximate surface area is 190 Å². The van der Waals surface area contributed by atoms with Crippen molar-refractivity contribution in [3.63, 3.8) is 0 Å². The summed E-state index contributed by atoms with van der Waals surface area (Å²) in [6.45, 7) is 1.23. The molecule has 1 unspecified atom stereocenters. The fraction of sp³-hybridized carbons (Fsp3) is 0.381. The molecule has 166 valence electrons. The predicted octanol–water partition coefficient (Wildman–Crippen LogP) is 4.00. The summed E-state index contributed by atoms with van der Waals surface area (Å²) in [5.41, 5.74) is 1.07. The second-order valence-corrected chi connectivity index (χ2v) is 11.1. The van der Waals surface area contributed by atoms with E-state index in [0.29, 0.717) is 9.21 Å². The second kappa shape index (κ2) is 8.99. The summed E-state index contributed by atoms with van der Waals surface area (Å²) < 4.78 is 42.6. The van der Waals surface area contributed by atoms with Crippen molar-refractivity contribution in [2.45, 2.75) is 31.3 Å². The summed E-state index contributed by atoms with van der Waals surface area (Å²) in [6, 6.07) is 7.59. The van der Waals surface area contributed by atoms with Gasteiger partial charge in [-0.2, -0.15) is 4.72 Å². The number of carbonyl (C=O) groups is 1. The van der Waals surface area contributed by atoms with Crippen molar-refractivity contribution in [3.05, 3.63) is 56.3 Å². The van der Waals surface area contributed by atoms with Crippen molar-refractivity contribution in [3.8, 4) is 0 Å². The molecule has 6 nitrogen and oxygen atoms in total. The second-order valence-electron chi connectivity index (χ2n) is 7.79. The van der Waals surface area contributed by atoms with E-state index in [4.69, 9.17) is 11.6 Å². The van der Waals surface area contributed by atoms with Crippen LogP contribution in [-0.2, 0) is 14.8 Å². The molecule has 0 bridgehead atoms. The minimum atomic E-state index is -3.84. The lowest BCUT2D eigenvalue weighted by Crippen LogP contribution is -2.40. The molecule has 0 spiro atoms. The van der Waals surface area contributed by atoms with Crippen LogP contribution in [-0.4, -0.2) is 45.4 Å². The summed E-state index contributed by atoms with van der Waals surface area (Å²) in [4.78, 5) is 17.0. The molecule has 2 aliphatic rings. The number of nitrogens with zero attached hydrogens (tertiary/aromatic N) is 2. The Bertz CT molecular complexity index is 1120. The Hall–Kier alpha value is -1.78. The van der Waals surface area contributed by atoms with Crippen molar-refractivity contribution >= 4 is 50.6 Å². The van der Waals surface area contributed by atoms with Crippen LogP contribution in [0.5, 0.6) is 0 Å². The summed E-state index contributed by atoms with van der Waals surface area (Å²) >= 11 is 7.09. The zero-order valence-corrected chi connectivity index (χ0v) is 19.3. The smallest absolute Gasteiger partial charge is 0.245 e. The maximum Gasteiger partial charge on any atom is 0.245 e. The number of likely N-dealkylation sites (tertiary alicyclic amines) is 1. The van der Waals surface area contributed by atoms with Gasteiger partial charge in [0.2, 0.25) is 15.9 Å². The first-order valence-corrected chi connectivity index (χ1v) is 12.7. The highest BCUT2D eigenvalue weighted by molar-refractivity contribution is 7.92. The number of halogens is 2. The average Bonchev–Trinajstić information content (AvgIpc) is 3.42. The van der Waals surface area contributed by atoms with Gasteiger partial charge < -0.3 is 4.90 Å². The van der Waals surface area contributed by atoms with Gasteiger partial charge >= 0.3 is 0 Å². The maximum absolute atomic E-state index is 14.9. The van der Waals surface area contributed by atoms with Crippen LogP contribution in [0, 0.1) is 5.82 Å². The fourth-order valence-corrected chi connectivity index (χ4v) is 6.19. The number of amides is 1. The normalized spacial score (nSPS) is 22.8. The lowest BCUT2D eigenvalue weighted by molar-refractivity contribution is -0.118. The van der Waals surface area contributed by atoms with Crippen LogP contribution in [0.1, 0.15) is 35.7 Å². The number of rotatable bonds is 6. The van der Waals surface area contributed by atoms with Gasteiger partial charge in [-0.3, -0.25) is 9.69 Å². The van der Waals surface area contributed by atoms with Gasteiger partial charge in [0.05, 0.1) is 10.0 Å². The molecule has 0 saturated carbocycles. The van der Waals surface area contributed by atoms with Gasteiger partial charge in [0.25, 0.3) is 0 Å². The molecule has 4 rings (SSSR count). The van der Waals surface area contributed by atoms with Gasteiger partial charge in [-0.25, -0.2) is 12.8 Å². The molecule has 1 aromatic carbocycles. The summed E-state index contributed by atoms with van der Waals surface area (Å²) in [7, 11) is -1.82. The third-order valence-electron chi connectivity index (χ3n) is 5.69. The van der Waals surface area contributed by atoms with Crippen LogP contribution < -0.4 is 9.62 Å². The van der Waals surface area contributed by atoms with Gasteiger partial charge in [-0.1, -0.05) is 17.7 Å². The Balaban J connectivity index is 1.44. The van der Waals surface area contributed by atoms with Crippen LogP contribution in [0.2, 0.25) is 4.34 Å². The predicted molar refractivity (Wildman–Crippen MR) is 122 cm³/mol. The first kappa shape index (κ1) is 22.4. The van der Waals surface area contributed by atoms with Gasteiger partial charge in [0.15, 0.2) is 0 Å². The van der Waals surface area contributed by atoms with Crippen LogP contribution in [0.25, 0.3) is 6.08 Å². The van der Waals surface area contributed by atoms with E-state index in [-0.39, 0.29) is 24.7 Å². The van der Waals surface area contributed by atoms with E-state index in [1.165, 1.54) is 28.4 Å². The van der Waals surface area contributed by atoms with E-state index in [9.17, 15) is 17.6 Å². The van der Waals surface area contributed by atoms with Gasteiger partial charge in [0.1, 0.15) is 11.9 Å². The van der Waals surface area contributed by atoms with Crippen LogP contribution in [0.3, 0.4) is 0 Å². The van der Waals surface area contributed by atoms with Crippen molar-refractivity contribution in [1.82, 2.24) is 9.62 Å². The Morgan fingerprint density at radius 2 is 2.03 bits per heavy atom. The lowest BCUT2D eigenvalue weighted by atomic mass is 10.0. The lowest BCUT2D eigenvalue weighted by Gasteiger charge is -2.22. The van der Waals surface area contributed by atoms with Crippen LogP contribution in [0.4, 0.5) is 10.1 Å². The van der Waals surface area contributed by atoms with E-state index in [1.54, 1.807) is 18.2 Å². The van der Waals surface area contributed by atoms with Crippen molar-refractivity contribution in [2.75, 3.05) is 25.0 Å². The number of hydrogen-bond acceptors (Lipinski definition) is 5. The fourth-order valence-electron chi connectivity index (χ4n) is 4.12. The third kappa shape index (κ3) is 5.01. The Morgan fingerprint density at radius 3 is 2.68 bits per heavy atom. The molecule has 2 aliphatic heterocycles. The molecular formula is C21H23ClFN3O3S2. The molecule has 0 aliphatic carbocycles. The van der Waals surface area contributed by atoms with Crippen molar-refractivity contribution in [1.29, 1.82) is 0 Å². The minimum Gasteiger partial charge on any atom is -0.308 e. The van der Waals surface area contributed by atoms with Crippen LogP contribution in [0.15, 0.2) is 35.7 Å². The monoisotopic (exact) mass is 483 g/mol. The number of benzene rings is 1. The molecule has 1 N–H and O–H groups in total. The van der Waals surface area contributed by atoms with Gasteiger partial charge in [-0.05, 0) is 68.8 Å². The van der Waals surface area contributed by atoms with Crippen molar-refractivity contribution in [2.24, 2.45) is 0 Å². The first-order chi connectivity index (χ1) is 14.7. The van der Waals surface area contributed by atoms with Crippen LogP contribution >= 0.6 is 22.9 Å². The van der Waals surface area contributed by atoms with E-state index < -0.39 is 27.8 Å². The van der Waals surface area contributed by atoms with Gasteiger partial charge in [0, 0.05) is 22.9 Å². The Kier molecular flexibility index (Phi) is 6.50. The number of nitrogens with one attached hydrogen (secondary N) is 1. The largest absolute Gasteiger partial charge is 0.308 e. The molecule has 2 saturated heterocycles. The summed E-state index contributed by atoms with van der Waals surface area (Å²) in [5, 5.41) is 1.01. The number of thiophene rings is 1. The van der Waals surface area contributed by atoms with E-state index >= 15 is 0 Å². The molecule has 10 heteroatoms. The molecule has 2 atom stereocenters. The molecular weight excluding hydrogens is 461 g/mol. The van der Waals surface area contributed by atoms with Gasteiger partial charge in [-0.15, -0.1) is 11.3 Å². The van der Waals surface area contributed by atoms with E-state index in [2.05, 4.69) is 9.62 Å². The molecule has 1 amide bonds. The summed E-state index contributed by atoms with van der Waals surface area (Å²) in [5.74, 6) is -0.926. The molecule has 1 aromatic heterocycles. The highest BCUT2D eigenvalue weighted by Crippen LogP contribution is 2.33. The van der Waals surface area contributed by atoms with E-state index in [1.807, 2.05) is 13.1 Å². The molecule has 2 aromatic rings. The topological polar surface area (TPSA) is 69.7 Å². The zero-order chi connectivity index (χ0) is 22.2. The van der Waals surface area contributed by atoms with E-state index in [0.717, 1.165) is 30.4 Å². The number of anilines is 1. The highest BCUT2D eigenvalue weighted by atomic mass is 35.5. The quantitative estimate of drug-likeness (QED) is 0.674. The highest BCUT2D eigenvalue weighted by Gasteiger charge is 2.36.